The van der Waals surface area contributed by atoms with Gasteiger partial charge in [-0.1, -0.05) is 0 Å². The zero-order valence-corrected chi connectivity index (χ0v) is 8.82. The molecule has 5 N–H and O–H groups in total. The summed E-state index contributed by atoms with van der Waals surface area (Å²) in [5.41, 5.74) is 4.03. The van der Waals surface area contributed by atoms with Gasteiger partial charge in [0, 0.05) is 0 Å². The maximum atomic E-state index is 9.85. The second-order valence-electron chi connectivity index (χ2n) is 3.79. The molecule has 8 nitrogen and oxygen atoms in total. The van der Waals surface area contributed by atoms with E-state index in [1.165, 1.54) is 6.33 Å². The lowest BCUT2D eigenvalue weighted by atomic mass is 10.1. The first kappa shape index (κ1) is 11.8. The highest BCUT2D eigenvalue weighted by molar-refractivity contribution is 5.45. The van der Waals surface area contributed by atoms with Gasteiger partial charge in [-0.05, 0) is 0 Å². The lowest BCUT2D eigenvalue weighted by molar-refractivity contribution is -0.150. The predicted molar refractivity (Wildman–Crippen MR) is 54.4 cm³/mol. The van der Waals surface area contributed by atoms with Crippen LogP contribution in [-0.4, -0.2) is 50.3 Å². The Labute approximate surface area is 96.5 Å². The Morgan fingerprint density at radius 2 is 2.41 bits per heavy atom. The SMILES string of the molecule is N#Cc1ncn([C@@]2(CO)OC[C@H](O)[C@@H]2O)c1N. The number of imidazole rings is 1. The summed E-state index contributed by atoms with van der Waals surface area (Å²) in [7, 11) is 0. The molecule has 0 amide bonds. The fourth-order valence-corrected chi connectivity index (χ4v) is 1.88. The van der Waals surface area contributed by atoms with Gasteiger partial charge < -0.3 is 25.8 Å². The van der Waals surface area contributed by atoms with Crippen LogP contribution in [-0.2, 0) is 10.5 Å². The van der Waals surface area contributed by atoms with Crippen molar-refractivity contribution >= 4 is 5.82 Å². The van der Waals surface area contributed by atoms with E-state index in [1.807, 2.05) is 0 Å². The van der Waals surface area contributed by atoms with Gasteiger partial charge in [0.05, 0.1) is 13.2 Å². The summed E-state index contributed by atoms with van der Waals surface area (Å²) in [5.74, 6) is -0.0327. The van der Waals surface area contributed by atoms with Crippen LogP contribution in [0.25, 0.3) is 0 Å². The Hall–Kier alpha value is -1.66. The number of ether oxygens (including phenoxy) is 1. The third-order valence-electron chi connectivity index (χ3n) is 2.88. The fourth-order valence-electron chi connectivity index (χ4n) is 1.88. The van der Waals surface area contributed by atoms with E-state index in [2.05, 4.69) is 4.98 Å². The molecule has 1 fully saturated rings. The molecule has 1 saturated heterocycles. The number of nitrogen functional groups attached to an aromatic ring is 1. The molecule has 0 radical (unpaired) electrons. The number of aromatic nitrogens is 2. The smallest absolute Gasteiger partial charge is 0.199 e. The van der Waals surface area contributed by atoms with Crippen LogP contribution < -0.4 is 5.73 Å². The highest BCUT2D eigenvalue weighted by Gasteiger charge is 2.51. The molecule has 2 heterocycles. The van der Waals surface area contributed by atoms with E-state index in [1.54, 1.807) is 6.07 Å². The van der Waals surface area contributed by atoms with Crippen LogP contribution in [0.15, 0.2) is 6.33 Å². The second-order valence-corrected chi connectivity index (χ2v) is 3.79. The number of anilines is 1. The molecular formula is C9H12N4O4. The zero-order valence-electron chi connectivity index (χ0n) is 8.82. The number of nitrogens with zero attached hydrogens (tertiary/aromatic N) is 3. The van der Waals surface area contributed by atoms with Crippen molar-refractivity contribution in [3.63, 3.8) is 0 Å². The number of nitrogens with two attached hydrogens (primary N) is 1. The number of hydrogen-bond acceptors (Lipinski definition) is 7. The van der Waals surface area contributed by atoms with Crippen LogP contribution >= 0.6 is 0 Å². The van der Waals surface area contributed by atoms with Crippen LogP contribution in [0.1, 0.15) is 5.69 Å². The van der Waals surface area contributed by atoms with Gasteiger partial charge in [-0.2, -0.15) is 5.26 Å². The maximum absolute atomic E-state index is 9.85. The molecule has 3 atom stereocenters. The van der Waals surface area contributed by atoms with Gasteiger partial charge in [-0.25, -0.2) is 4.98 Å². The van der Waals surface area contributed by atoms with E-state index in [4.69, 9.17) is 15.7 Å². The van der Waals surface area contributed by atoms with Crippen molar-refractivity contribution in [3.05, 3.63) is 12.0 Å². The predicted octanol–water partition coefficient (Wildman–Crippen LogP) is -2.27. The summed E-state index contributed by atoms with van der Waals surface area (Å²) in [6, 6.07) is 1.77. The standard InChI is InChI=1S/C9H12N4O4/c10-1-5-8(11)13(4-12-5)9(3-14)7(16)6(15)2-17-9/h4,6-7,14-16H,2-3,11H2/t6-,7-,9-/m0/s1. The largest absolute Gasteiger partial charge is 0.391 e. The van der Waals surface area contributed by atoms with Gasteiger partial charge >= 0.3 is 0 Å². The van der Waals surface area contributed by atoms with E-state index in [9.17, 15) is 15.3 Å². The van der Waals surface area contributed by atoms with Crippen molar-refractivity contribution in [1.29, 1.82) is 5.26 Å². The normalized spacial score (nSPS) is 32.6. The Morgan fingerprint density at radius 1 is 1.71 bits per heavy atom. The Kier molecular flexibility index (Phi) is 2.76. The summed E-state index contributed by atoms with van der Waals surface area (Å²) in [6.07, 6.45) is -1.30. The molecule has 0 saturated carbocycles. The zero-order chi connectivity index (χ0) is 12.6. The molecular weight excluding hydrogens is 228 g/mol. The molecule has 0 aromatic carbocycles. The molecule has 92 valence electrons. The van der Waals surface area contributed by atoms with Gasteiger partial charge in [0.1, 0.15) is 30.4 Å². The number of rotatable bonds is 2. The van der Waals surface area contributed by atoms with Crippen molar-refractivity contribution in [1.82, 2.24) is 9.55 Å². The first-order chi connectivity index (χ1) is 8.06. The van der Waals surface area contributed by atoms with Gasteiger partial charge in [0.2, 0.25) is 0 Å². The fraction of sp³-hybridized carbons (Fsp3) is 0.556. The lowest BCUT2D eigenvalue weighted by Gasteiger charge is -2.31. The molecule has 1 aliphatic rings. The van der Waals surface area contributed by atoms with Gasteiger partial charge in [0.25, 0.3) is 0 Å². The topological polar surface area (TPSA) is 138 Å². The molecule has 0 bridgehead atoms. The summed E-state index contributed by atoms with van der Waals surface area (Å²) in [4.78, 5) is 3.72. The molecule has 17 heavy (non-hydrogen) atoms. The highest BCUT2D eigenvalue weighted by Crippen LogP contribution is 2.33. The number of aliphatic hydroxyl groups is 3. The van der Waals surface area contributed by atoms with E-state index in [0.29, 0.717) is 0 Å². The van der Waals surface area contributed by atoms with Gasteiger partial charge in [-0.15, -0.1) is 0 Å². The molecule has 2 rings (SSSR count). The summed E-state index contributed by atoms with van der Waals surface area (Å²) < 4.78 is 6.38. The molecule has 8 heteroatoms. The Morgan fingerprint density at radius 3 is 2.82 bits per heavy atom. The molecule has 0 aliphatic carbocycles. The van der Waals surface area contributed by atoms with Crippen LogP contribution in [0.5, 0.6) is 0 Å². The number of hydrogen-bond donors (Lipinski definition) is 4. The number of nitriles is 1. The lowest BCUT2D eigenvalue weighted by Crippen LogP contribution is -2.48. The summed E-state index contributed by atoms with van der Waals surface area (Å²) in [5, 5.41) is 37.4. The van der Waals surface area contributed by atoms with Crippen LogP contribution in [0.4, 0.5) is 5.82 Å². The molecule has 1 aromatic rings. The molecule has 0 spiro atoms. The van der Waals surface area contributed by atoms with E-state index in [-0.39, 0.29) is 18.1 Å². The van der Waals surface area contributed by atoms with E-state index >= 15 is 0 Å². The highest BCUT2D eigenvalue weighted by atomic mass is 16.6. The van der Waals surface area contributed by atoms with E-state index < -0.39 is 24.5 Å². The second kappa shape index (κ2) is 3.97. The monoisotopic (exact) mass is 240 g/mol. The third-order valence-corrected chi connectivity index (χ3v) is 2.88. The Balaban J connectivity index is 2.49. The molecule has 0 unspecified atom stereocenters. The quantitative estimate of drug-likeness (QED) is 0.457. The number of aliphatic hydroxyl groups excluding tert-OH is 3. The van der Waals surface area contributed by atoms with Crippen molar-refractivity contribution < 1.29 is 20.1 Å². The first-order valence-electron chi connectivity index (χ1n) is 4.91. The minimum Gasteiger partial charge on any atom is -0.391 e. The van der Waals surface area contributed by atoms with Gasteiger partial charge in [0.15, 0.2) is 11.4 Å². The minimum atomic E-state index is -1.59. The summed E-state index contributed by atoms with van der Waals surface area (Å²) in [6.45, 7) is -0.738. The van der Waals surface area contributed by atoms with Crippen LogP contribution in [0.2, 0.25) is 0 Å². The van der Waals surface area contributed by atoms with Crippen LogP contribution in [0, 0.1) is 11.3 Å². The maximum Gasteiger partial charge on any atom is 0.199 e. The van der Waals surface area contributed by atoms with Crippen molar-refractivity contribution in [2.75, 3.05) is 18.9 Å². The average molecular weight is 240 g/mol. The van der Waals surface area contributed by atoms with Gasteiger partial charge in [-0.3, -0.25) is 4.57 Å². The van der Waals surface area contributed by atoms with Crippen LogP contribution in [0.3, 0.4) is 0 Å². The van der Waals surface area contributed by atoms with Crippen molar-refractivity contribution in [2.45, 2.75) is 17.9 Å². The Bertz CT molecular complexity index is 468. The average Bonchev–Trinajstić information content (AvgIpc) is 2.84. The minimum absolute atomic E-state index is 0.0324. The third kappa shape index (κ3) is 1.49. The first-order valence-corrected chi connectivity index (χ1v) is 4.91. The van der Waals surface area contributed by atoms with Crippen molar-refractivity contribution in [3.8, 4) is 6.07 Å². The van der Waals surface area contributed by atoms with E-state index in [0.717, 1.165) is 4.57 Å². The molecule has 1 aliphatic heterocycles. The molecule has 1 aromatic heterocycles. The summed E-state index contributed by atoms with van der Waals surface area (Å²) >= 11 is 0. The van der Waals surface area contributed by atoms with Crippen molar-refractivity contribution in [2.24, 2.45) is 0 Å².